The number of carbonyl (C=O) groups is 3. The smallest absolute Gasteiger partial charge is 0.307 e. The summed E-state index contributed by atoms with van der Waals surface area (Å²) in [7, 11) is 1.62. The summed E-state index contributed by atoms with van der Waals surface area (Å²) >= 11 is 0. The summed E-state index contributed by atoms with van der Waals surface area (Å²) in [6, 6.07) is 14.2. The third kappa shape index (κ3) is 4.58. The highest BCUT2D eigenvalue weighted by Gasteiger charge is 2.30. The Morgan fingerprint density at radius 2 is 1.97 bits per heavy atom. The van der Waals surface area contributed by atoms with Gasteiger partial charge in [-0.3, -0.25) is 14.4 Å². The van der Waals surface area contributed by atoms with Gasteiger partial charge in [-0.05, 0) is 43.3 Å². The molecule has 8 heteroatoms. The minimum Gasteiger partial charge on any atom is -0.466 e. The number of amides is 2. The summed E-state index contributed by atoms with van der Waals surface area (Å²) in [6.45, 7) is 1.96. The molecule has 0 bridgehead atoms. The average Bonchev–Trinajstić information content (AvgIpc) is 2.83. The fourth-order valence-electron chi connectivity index (χ4n) is 3.20. The summed E-state index contributed by atoms with van der Waals surface area (Å²) in [5.74, 6) is -0.988. The number of nitrogens with one attached hydrogen (secondary N) is 1. The number of ether oxygens (including phenoxy) is 1. The Balaban J connectivity index is 1.88. The molecule has 0 saturated heterocycles. The lowest BCUT2D eigenvalue weighted by Crippen LogP contribution is -2.39. The fourth-order valence-corrected chi connectivity index (χ4v) is 3.20. The van der Waals surface area contributed by atoms with E-state index in [9.17, 15) is 14.4 Å². The van der Waals surface area contributed by atoms with Crippen molar-refractivity contribution in [3.8, 4) is 6.07 Å². The molecule has 0 spiro atoms. The molecule has 1 N–H and O–H groups in total. The summed E-state index contributed by atoms with van der Waals surface area (Å²) in [5.41, 5.74) is 2.72. The van der Waals surface area contributed by atoms with E-state index in [0.717, 1.165) is 0 Å². The zero-order valence-corrected chi connectivity index (χ0v) is 16.8. The number of nitriles is 1. The van der Waals surface area contributed by atoms with Gasteiger partial charge in [0.2, 0.25) is 5.91 Å². The van der Waals surface area contributed by atoms with Gasteiger partial charge in [-0.1, -0.05) is 6.07 Å². The maximum atomic E-state index is 13.1. The number of likely N-dealkylation sites (N-methyl/N-ethyl adjacent to an activating group) is 1. The second kappa shape index (κ2) is 9.09. The second-order valence-electron chi connectivity index (χ2n) is 6.78. The minimum absolute atomic E-state index is 0.0187. The molecule has 2 amide bonds. The van der Waals surface area contributed by atoms with Crippen LogP contribution in [0.2, 0.25) is 0 Å². The van der Waals surface area contributed by atoms with Gasteiger partial charge in [-0.25, -0.2) is 0 Å². The molecule has 0 fully saturated rings. The highest BCUT2D eigenvalue weighted by molar-refractivity contribution is 6.10. The number of nitrogens with zero attached hydrogens (tertiary/aromatic N) is 3. The molecule has 0 unspecified atom stereocenters. The normalized spacial score (nSPS) is 13.4. The second-order valence-corrected chi connectivity index (χ2v) is 6.78. The van der Waals surface area contributed by atoms with Gasteiger partial charge in [-0.2, -0.15) is 5.26 Å². The highest BCUT2D eigenvalue weighted by Crippen LogP contribution is 2.29. The largest absolute Gasteiger partial charge is 0.466 e. The van der Waals surface area contributed by atoms with Crippen molar-refractivity contribution in [2.45, 2.75) is 13.3 Å². The maximum absolute atomic E-state index is 13.1. The van der Waals surface area contributed by atoms with Gasteiger partial charge in [0.05, 0.1) is 35.9 Å². The van der Waals surface area contributed by atoms with E-state index in [2.05, 4.69) is 11.4 Å². The van der Waals surface area contributed by atoms with Crippen molar-refractivity contribution in [2.24, 2.45) is 0 Å². The number of carbonyl (C=O) groups excluding carboxylic acids is 3. The quantitative estimate of drug-likeness (QED) is 0.740. The van der Waals surface area contributed by atoms with Gasteiger partial charge in [0.25, 0.3) is 5.91 Å². The lowest BCUT2D eigenvalue weighted by molar-refractivity contribution is -0.143. The molecule has 0 atom stereocenters. The van der Waals surface area contributed by atoms with Gasteiger partial charge in [0.1, 0.15) is 6.54 Å². The van der Waals surface area contributed by atoms with Gasteiger partial charge in [0.15, 0.2) is 0 Å². The standard InChI is InChI=1S/C22H22N4O4/c1-3-30-21(28)9-10-26-14-20(27)25(2)19-8-7-17(12-18(19)22(26)29)24-16-6-4-5-15(11-16)13-23/h4-8,11-12,24H,3,9-10,14H2,1-2H3. The third-order valence-corrected chi connectivity index (χ3v) is 4.75. The van der Waals surface area contributed by atoms with E-state index in [1.807, 2.05) is 6.07 Å². The summed E-state index contributed by atoms with van der Waals surface area (Å²) in [4.78, 5) is 40.1. The Labute approximate surface area is 174 Å². The summed E-state index contributed by atoms with van der Waals surface area (Å²) < 4.78 is 4.92. The van der Waals surface area contributed by atoms with Crippen LogP contribution in [-0.4, -0.2) is 49.4 Å². The molecule has 0 aliphatic carbocycles. The minimum atomic E-state index is -0.414. The lowest BCUT2D eigenvalue weighted by Gasteiger charge is -2.19. The highest BCUT2D eigenvalue weighted by atomic mass is 16.5. The Morgan fingerprint density at radius 1 is 1.20 bits per heavy atom. The third-order valence-electron chi connectivity index (χ3n) is 4.75. The molecule has 1 heterocycles. The average molecular weight is 406 g/mol. The molecule has 8 nitrogen and oxygen atoms in total. The molecule has 154 valence electrons. The van der Waals surface area contributed by atoms with E-state index in [1.165, 1.54) is 9.80 Å². The molecular formula is C22H22N4O4. The molecule has 3 rings (SSSR count). The van der Waals surface area contributed by atoms with E-state index in [0.29, 0.717) is 28.2 Å². The van der Waals surface area contributed by atoms with Crippen molar-refractivity contribution in [3.63, 3.8) is 0 Å². The van der Waals surface area contributed by atoms with E-state index in [-0.39, 0.29) is 37.9 Å². The Morgan fingerprint density at radius 3 is 2.70 bits per heavy atom. The van der Waals surface area contributed by atoms with Crippen LogP contribution < -0.4 is 10.2 Å². The number of esters is 1. The molecule has 0 saturated carbocycles. The van der Waals surface area contributed by atoms with Crippen molar-refractivity contribution in [2.75, 3.05) is 37.0 Å². The van der Waals surface area contributed by atoms with Crippen LogP contribution in [0.1, 0.15) is 29.3 Å². The predicted molar refractivity (Wildman–Crippen MR) is 111 cm³/mol. The predicted octanol–water partition coefficient (Wildman–Crippen LogP) is 2.67. The SMILES string of the molecule is CCOC(=O)CCN1CC(=O)N(C)c2ccc(Nc3cccc(C#N)c3)cc2C1=O. The molecule has 0 radical (unpaired) electrons. The summed E-state index contributed by atoms with van der Waals surface area (Å²) in [6.07, 6.45) is 0.0187. The van der Waals surface area contributed by atoms with Crippen molar-refractivity contribution in [1.82, 2.24) is 4.90 Å². The van der Waals surface area contributed by atoms with Crippen molar-refractivity contribution < 1.29 is 19.1 Å². The van der Waals surface area contributed by atoms with Crippen LogP contribution in [-0.2, 0) is 14.3 Å². The van der Waals surface area contributed by atoms with Crippen LogP contribution in [0.25, 0.3) is 0 Å². The van der Waals surface area contributed by atoms with Crippen LogP contribution in [0.5, 0.6) is 0 Å². The van der Waals surface area contributed by atoms with Crippen molar-refractivity contribution >= 4 is 34.8 Å². The zero-order valence-electron chi connectivity index (χ0n) is 16.8. The molecular weight excluding hydrogens is 384 g/mol. The van der Waals surface area contributed by atoms with Crippen molar-refractivity contribution in [3.05, 3.63) is 53.6 Å². The fraction of sp³-hybridized carbons (Fsp3) is 0.273. The van der Waals surface area contributed by atoms with Crippen LogP contribution in [0.3, 0.4) is 0 Å². The molecule has 2 aromatic carbocycles. The Bertz CT molecular complexity index is 1030. The number of anilines is 3. The number of fused-ring (bicyclic) bond motifs is 1. The zero-order chi connectivity index (χ0) is 21.7. The Kier molecular flexibility index (Phi) is 6.32. The van der Waals surface area contributed by atoms with E-state index >= 15 is 0 Å². The monoisotopic (exact) mass is 406 g/mol. The number of benzene rings is 2. The van der Waals surface area contributed by atoms with Gasteiger partial charge in [-0.15, -0.1) is 0 Å². The maximum Gasteiger partial charge on any atom is 0.307 e. The molecule has 0 aromatic heterocycles. The van der Waals surface area contributed by atoms with Gasteiger partial charge < -0.3 is 19.9 Å². The van der Waals surface area contributed by atoms with Crippen LogP contribution in [0.4, 0.5) is 17.1 Å². The van der Waals surface area contributed by atoms with E-state index in [4.69, 9.17) is 10.00 Å². The first kappa shape index (κ1) is 20.9. The van der Waals surface area contributed by atoms with E-state index < -0.39 is 5.97 Å². The van der Waals surface area contributed by atoms with Crippen LogP contribution >= 0.6 is 0 Å². The molecule has 30 heavy (non-hydrogen) atoms. The number of hydrogen-bond donors (Lipinski definition) is 1. The number of rotatable bonds is 6. The molecule has 1 aliphatic heterocycles. The van der Waals surface area contributed by atoms with Gasteiger partial charge >= 0.3 is 5.97 Å². The number of hydrogen-bond acceptors (Lipinski definition) is 6. The first-order chi connectivity index (χ1) is 14.4. The van der Waals surface area contributed by atoms with Crippen LogP contribution in [0, 0.1) is 11.3 Å². The Hall–Kier alpha value is -3.86. The first-order valence-corrected chi connectivity index (χ1v) is 9.55. The molecule has 2 aromatic rings. The van der Waals surface area contributed by atoms with Gasteiger partial charge in [0, 0.05) is 25.0 Å². The lowest BCUT2D eigenvalue weighted by atomic mass is 10.1. The van der Waals surface area contributed by atoms with Crippen LogP contribution in [0.15, 0.2) is 42.5 Å². The molecule has 1 aliphatic rings. The van der Waals surface area contributed by atoms with Crippen molar-refractivity contribution in [1.29, 1.82) is 5.26 Å². The topological polar surface area (TPSA) is 103 Å². The van der Waals surface area contributed by atoms with E-state index in [1.54, 1.807) is 50.4 Å². The first-order valence-electron chi connectivity index (χ1n) is 9.55. The summed E-state index contributed by atoms with van der Waals surface area (Å²) in [5, 5.41) is 12.2.